The van der Waals surface area contributed by atoms with Crippen molar-refractivity contribution in [1.82, 2.24) is 5.32 Å². The Balaban J connectivity index is 1.58. The average molecular weight is 391 g/mol. The molecule has 0 fully saturated rings. The van der Waals surface area contributed by atoms with Gasteiger partial charge in [-0.25, -0.2) is 0 Å². The normalized spacial score (nSPS) is 11.4. The summed E-state index contributed by atoms with van der Waals surface area (Å²) in [7, 11) is 0. The van der Waals surface area contributed by atoms with Gasteiger partial charge in [0.25, 0.3) is 5.91 Å². The molecule has 5 heteroatoms. The van der Waals surface area contributed by atoms with E-state index in [1.54, 1.807) is 0 Å². The standard InChI is InChI=1S/C23H21NO3S/c25-21(24-16-18-10-4-1-5-11-18)17-27-23(26)22(19-12-6-2-7-13-19)28-20-14-8-3-9-15-20/h1-15,22H,16-17H2,(H,24,25)/t22-/m0/s1. The first kappa shape index (κ1) is 19.7. The summed E-state index contributed by atoms with van der Waals surface area (Å²) >= 11 is 1.41. The molecule has 28 heavy (non-hydrogen) atoms. The summed E-state index contributed by atoms with van der Waals surface area (Å²) in [6.45, 7) is 0.0997. The first-order valence-corrected chi connectivity index (χ1v) is 9.84. The van der Waals surface area contributed by atoms with Gasteiger partial charge in [0, 0.05) is 11.4 Å². The van der Waals surface area contributed by atoms with Gasteiger partial charge < -0.3 is 10.1 Å². The molecule has 3 aromatic rings. The minimum Gasteiger partial charge on any atom is -0.454 e. The van der Waals surface area contributed by atoms with E-state index in [-0.39, 0.29) is 12.5 Å². The lowest BCUT2D eigenvalue weighted by Gasteiger charge is -2.16. The van der Waals surface area contributed by atoms with Gasteiger partial charge in [-0.2, -0.15) is 0 Å². The van der Waals surface area contributed by atoms with Crippen molar-refractivity contribution in [2.75, 3.05) is 6.61 Å². The fraction of sp³-hybridized carbons (Fsp3) is 0.130. The second-order valence-corrected chi connectivity index (χ2v) is 7.27. The number of hydrogen-bond donors (Lipinski definition) is 1. The minimum absolute atomic E-state index is 0.301. The lowest BCUT2D eigenvalue weighted by Crippen LogP contribution is -2.29. The molecule has 142 valence electrons. The number of esters is 1. The van der Waals surface area contributed by atoms with Gasteiger partial charge >= 0.3 is 5.97 Å². The molecule has 0 aliphatic rings. The number of rotatable bonds is 8. The van der Waals surface area contributed by atoms with E-state index in [0.29, 0.717) is 6.54 Å². The van der Waals surface area contributed by atoms with Gasteiger partial charge in [0.2, 0.25) is 0 Å². The second kappa shape index (κ2) is 10.3. The van der Waals surface area contributed by atoms with Crippen LogP contribution in [0, 0.1) is 0 Å². The van der Waals surface area contributed by atoms with Crippen molar-refractivity contribution in [2.45, 2.75) is 16.7 Å². The van der Waals surface area contributed by atoms with Crippen LogP contribution in [0.15, 0.2) is 95.9 Å². The van der Waals surface area contributed by atoms with Crippen LogP contribution in [0.25, 0.3) is 0 Å². The van der Waals surface area contributed by atoms with E-state index < -0.39 is 11.2 Å². The highest BCUT2D eigenvalue weighted by Gasteiger charge is 2.24. The van der Waals surface area contributed by atoms with E-state index in [2.05, 4.69) is 5.32 Å². The van der Waals surface area contributed by atoms with Gasteiger partial charge in [0.15, 0.2) is 6.61 Å². The van der Waals surface area contributed by atoms with Crippen LogP contribution in [0.3, 0.4) is 0 Å². The van der Waals surface area contributed by atoms with Crippen molar-refractivity contribution in [1.29, 1.82) is 0 Å². The molecular formula is C23H21NO3S. The zero-order valence-corrected chi connectivity index (χ0v) is 16.1. The Labute approximate surface area is 168 Å². The first-order chi connectivity index (χ1) is 13.7. The van der Waals surface area contributed by atoms with Crippen LogP contribution >= 0.6 is 11.8 Å². The minimum atomic E-state index is -0.537. The highest BCUT2D eigenvalue weighted by Crippen LogP contribution is 2.36. The van der Waals surface area contributed by atoms with Crippen molar-refractivity contribution in [2.24, 2.45) is 0 Å². The maximum atomic E-state index is 12.7. The van der Waals surface area contributed by atoms with Crippen molar-refractivity contribution in [3.63, 3.8) is 0 Å². The largest absolute Gasteiger partial charge is 0.454 e. The number of carbonyl (C=O) groups excluding carboxylic acids is 2. The average Bonchev–Trinajstić information content (AvgIpc) is 2.76. The summed E-state index contributed by atoms with van der Waals surface area (Å²) in [5.41, 5.74) is 1.83. The number of carbonyl (C=O) groups is 2. The van der Waals surface area contributed by atoms with E-state index in [9.17, 15) is 9.59 Å². The SMILES string of the molecule is O=C(COC(=O)[C@@H](Sc1ccccc1)c1ccccc1)NCc1ccccc1. The number of benzene rings is 3. The van der Waals surface area contributed by atoms with Gasteiger partial charge in [-0.15, -0.1) is 11.8 Å². The number of amides is 1. The van der Waals surface area contributed by atoms with Crippen LogP contribution in [0.5, 0.6) is 0 Å². The lowest BCUT2D eigenvalue weighted by molar-refractivity contribution is -0.148. The van der Waals surface area contributed by atoms with Crippen LogP contribution in [0.4, 0.5) is 0 Å². The predicted molar refractivity (Wildman–Crippen MR) is 111 cm³/mol. The van der Waals surface area contributed by atoms with Crippen LogP contribution in [-0.4, -0.2) is 18.5 Å². The zero-order valence-electron chi connectivity index (χ0n) is 15.3. The first-order valence-electron chi connectivity index (χ1n) is 8.96. The van der Waals surface area contributed by atoms with Crippen LogP contribution in [0.2, 0.25) is 0 Å². The molecule has 0 bridgehead atoms. The van der Waals surface area contributed by atoms with Crippen molar-refractivity contribution in [3.8, 4) is 0 Å². The molecule has 0 saturated carbocycles. The molecule has 1 amide bonds. The summed E-state index contributed by atoms with van der Waals surface area (Å²) < 4.78 is 5.31. The number of hydrogen-bond acceptors (Lipinski definition) is 4. The van der Waals surface area contributed by atoms with Gasteiger partial charge in [0.05, 0.1) is 0 Å². The summed E-state index contributed by atoms with van der Waals surface area (Å²) in [5.74, 6) is -0.761. The Morgan fingerprint density at radius 3 is 2.04 bits per heavy atom. The maximum absolute atomic E-state index is 12.7. The Morgan fingerprint density at radius 2 is 1.39 bits per heavy atom. The Kier molecular flexibility index (Phi) is 7.27. The molecule has 4 nitrogen and oxygen atoms in total. The third-order valence-electron chi connectivity index (χ3n) is 3.99. The molecule has 0 unspecified atom stereocenters. The number of ether oxygens (including phenoxy) is 1. The molecule has 0 aromatic heterocycles. The topological polar surface area (TPSA) is 55.4 Å². The third-order valence-corrected chi connectivity index (χ3v) is 5.24. The van der Waals surface area contributed by atoms with Crippen molar-refractivity contribution in [3.05, 3.63) is 102 Å². The third kappa shape index (κ3) is 5.99. The van der Waals surface area contributed by atoms with E-state index in [4.69, 9.17) is 4.74 Å². The fourth-order valence-corrected chi connectivity index (χ4v) is 3.62. The number of nitrogens with one attached hydrogen (secondary N) is 1. The number of thioether (sulfide) groups is 1. The molecular weight excluding hydrogens is 370 g/mol. The molecule has 0 saturated heterocycles. The smallest absolute Gasteiger partial charge is 0.324 e. The van der Waals surface area contributed by atoms with Gasteiger partial charge in [0.1, 0.15) is 5.25 Å². The van der Waals surface area contributed by atoms with Crippen molar-refractivity contribution < 1.29 is 14.3 Å². The molecule has 1 atom stereocenters. The van der Waals surface area contributed by atoms with E-state index in [1.807, 2.05) is 91.0 Å². The lowest BCUT2D eigenvalue weighted by atomic mass is 10.1. The van der Waals surface area contributed by atoms with Gasteiger partial charge in [-0.05, 0) is 23.3 Å². The van der Waals surface area contributed by atoms with E-state index in [1.165, 1.54) is 11.8 Å². The zero-order chi connectivity index (χ0) is 19.6. The van der Waals surface area contributed by atoms with Crippen LogP contribution in [-0.2, 0) is 20.9 Å². The quantitative estimate of drug-likeness (QED) is 0.457. The molecule has 0 radical (unpaired) electrons. The molecule has 1 N–H and O–H groups in total. The fourth-order valence-electron chi connectivity index (χ4n) is 2.58. The monoisotopic (exact) mass is 391 g/mol. The Bertz CT molecular complexity index is 885. The molecule has 0 aliphatic heterocycles. The summed E-state index contributed by atoms with van der Waals surface area (Å²) in [6.07, 6.45) is 0. The molecule has 0 heterocycles. The molecule has 0 spiro atoms. The van der Waals surface area contributed by atoms with E-state index in [0.717, 1.165) is 16.0 Å². The summed E-state index contributed by atoms with van der Waals surface area (Å²) in [6, 6.07) is 28.7. The molecule has 0 aliphatic carbocycles. The summed E-state index contributed by atoms with van der Waals surface area (Å²) in [5, 5.41) is 2.22. The maximum Gasteiger partial charge on any atom is 0.324 e. The van der Waals surface area contributed by atoms with Crippen LogP contribution < -0.4 is 5.32 Å². The van der Waals surface area contributed by atoms with Crippen molar-refractivity contribution >= 4 is 23.6 Å². The summed E-state index contributed by atoms with van der Waals surface area (Å²) in [4.78, 5) is 25.7. The molecule has 3 aromatic carbocycles. The second-order valence-electron chi connectivity index (χ2n) is 6.09. The highest BCUT2D eigenvalue weighted by atomic mass is 32.2. The van der Waals surface area contributed by atoms with Gasteiger partial charge in [-0.3, -0.25) is 9.59 Å². The predicted octanol–water partition coefficient (Wildman–Crippen LogP) is 4.38. The van der Waals surface area contributed by atoms with Gasteiger partial charge in [-0.1, -0.05) is 78.9 Å². The van der Waals surface area contributed by atoms with E-state index >= 15 is 0 Å². The Hall–Kier alpha value is -3.05. The van der Waals surface area contributed by atoms with Crippen LogP contribution in [0.1, 0.15) is 16.4 Å². The highest BCUT2D eigenvalue weighted by molar-refractivity contribution is 8.00. The molecule has 3 rings (SSSR count). The Morgan fingerprint density at radius 1 is 0.821 bits per heavy atom.